The molecule has 0 bridgehead atoms. The minimum atomic E-state index is -0.208. The minimum absolute atomic E-state index is 0.112. The van der Waals surface area contributed by atoms with Crippen molar-refractivity contribution in [3.8, 4) is 6.07 Å². The lowest BCUT2D eigenvalue weighted by Crippen LogP contribution is -2.29. The van der Waals surface area contributed by atoms with E-state index in [1.54, 1.807) is 31.2 Å². The number of nitrogens with zero attached hydrogens (tertiary/aromatic N) is 2. The summed E-state index contributed by atoms with van der Waals surface area (Å²) in [6.45, 7) is 2.06. The van der Waals surface area contributed by atoms with Crippen LogP contribution < -0.4 is 0 Å². The zero-order valence-corrected chi connectivity index (χ0v) is 9.51. The molecule has 1 heterocycles. The molecule has 1 aliphatic rings. The number of amides is 2. The van der Waals surface area contributed by atoms with Crippen LogP contribution in [0.5, 0.6) is 0 Å². The fourth-order valence-corrected chi connectivity index (χ4v) is 1.88. The highest BCUT2D eigenvalue weighted by Crippen LogP contribution is 2.21. The Balaban J connectivity index is 2.13. The van der Waals surface area contributed by atoms with Gasteiger partial charge in [-0.15, -0.1) is 0 Å². The van der Waals surface area contributed by atoms with E-state index < -0.39 is 0 Å². The Kier molecular flexibility index (Phi) is 2.92. The summed E-state index contributed by atoms with van der Waals surface area (Å²) in [5.41, 5.74) is 1.43. The van der Waals surface area contributed by atoms with Crippen molar-refractivity contribution in [3.63, 3.8) is 0 Å². The van der Waals surface area contributed by atoms with E-state index in [-0.39, 0.29) is 17.7 Å². The van der Waals surface area contributed by atoms with E-state index in [9.17, 15) is 9.59 Å². The average molecular weight is 228 g/mol. The van der Waals surface area contributed by atoms with Gasteiger partial charge < -0.3 is 0 Å². The number of carbonyl (C=O) groups is 2. The monoisotopic (exact) mass is 228 g/mol. The molecule has 1 atom stereocenters. The van der Waals surface area contributed by atoms with E-state index in [0.29, 0.717) is 18.5 Å². The largest absolute Gasteiger partial charge is 0.278 e. The first-order valence-electron chi connectivity index (χ1n) is 5.45. The van der Waals surface area contributed by atoms with Crippen LogP contribution in [0.15, 0.2) is 24.3 Å². The van der Waals surface area contributed by atoms with Gasteiger partial charge in [-0.05, 0) is 17.7 Å². The van der Waals surface area contributed by atoms with Gasteiger partial charge in [0.05, 0.1) is 18.2 Å². The molecule has 1 aliphatic heterocycles. The Morgan fingerprint density at radius 3 is 2.47 bits per heavy atom. The SMILES string of the molecule is CC1CC(=O)N(Cc2ccc(C#N)cc2)C1=O. The molecule has 0 saturated carbocycles. The molecule has 4 nitrogen and oxygen atoms in total. The van der Waals surface area contributed by atoms with E-state index in [4.69, 9.17) is 5.26 Å². The van der Waals surface area contributed by atoms with Crippen molar-refractivity contribution >= 4 is 11.8 Å². The van der Waals surface area contributed by atoms with Crippen LogP contribution in [0, 0.1) is 17.2 Å². The van der Waals surface area contributed by atoms with E-state index in [1.165, 1.54) is 4.90 Å². The summed E-state index contributed by atoms with van der Waals surface area (Å²) in [6, 6.07) is 8.93. The van der Waals surface area contributed by atoms with E-state index in [1.807, 2.05) is 6.07 Å². The summed E-state index contributed by atoms with van der Waals surface area (Å²) in [6.07, 6.45) is 0.301. The van der Waals surface area contributed by atoms with Gasteiger partial charge in [-0.3, -0.25) is 14.5 Å². The maximum absolute atomic E-state index is 11.7. The van der Waals surface area contributed by atoms with Gasteiger partial charge in [0.2, 0.25) is 11.8 Å². The standard InChI is InChI=1S/C13H12N2O2/c1-9-6-12(16)15(13(9)17)8-11-4-2-10(7-14)3-5-11/h2-5,9H,6,8H2,1H3. The number of hydrogen-bond donors (Lipinski definition) is 0. The fraction of sp³-hybridized carbons (Fsp3) is 0.308. The lowest BCUT2D eigenvalue weighted by atomic mass is 10.1. The number of benzene rings is 1. The zero-order valence-electron chi connectivity index (χ0n) is 9.51. The van der Waals surface area contributed by atoms with Crippen LogP contribution in [0.2, 0.25) is 0 Å². The van der Waals surface area contributed by atoms with Gasteiger partial charge in [0, 0.05) is 12.3 Å². The molecule has 4 heteroatoms. The highest BCUT2D eigenvalue weighted by atomic mass is 16.2. The molecule has 1 fully saturated rings. The molecule has 1 aromatic carbocycles. The summed E-state index contributed by atoms with van der Waals surface area (Å²) in [5.74, 6) is -0.438. The molecule has 2 amide bonds. The number of hydrogen-bond acceptors (Lipinski definition) is 3. The van der Waals surface area contributed by atoms with E-state index in [2.05, 4.69) is 0 Å². The van der Waals surface area contributed by atoms with Gasteiger partial charge in [-0.25, -0.2) is 0 Å². The molecule has 86 valence electrons. The molecule has 1 unspecified atom stereocenters. The van der Waals surface area contributed by atoms with Crippen molar-refractivity contribution in [2.45, 2.75) is 19.9 Å². The summed E-state index contributed by atoms with van der Waals surface area (Å²) in [7, 11) is 0. The molecule has 1 aromatic rings. The van der Waals surface area contributed by atoms with Crippen LogP contribution in [0.4, 0.5) is 0 Å². The normalized spacial score (nSPS) is 19.5. The predicted octanol–water partition coefficient (Wildman–Crippen LogP) is 1.45. The fourth-order valence-electron chi connectivity index (χ4n) is 1.88. The first kappa shape index (κ1) is 11.3. The number of rotatable bonds is 2. The molecule has 17 heavy (non-hydrogen) atoms. The Morgan fingerprint density at radius 1 is 1.35 bits per heavy atom. The zero-order chi connectivity index (χ0) is 12.4. The topological polar surface area (TPSA) is 61.2 Å². The van der Waals surface area contributed by atoms with Crippen molar-refractivity contribution in [3.05, 3.63) is 35.4 Å². The van der Waals surface area contributed by atoms with Crippen molar-refractivity contribution in [1.29, 1.82) is 5.26 Å². The Hall–Kier alpha value is -2.15. The lowest BCUT2D eigenvalue weighted by molar-refractivity contribution is -0.139. The Bertz CT molecular complexity index is 499. The van der Waals surface area contributed by atoms with Crippen molar-refractivity contribution in [2.24, 2.45) is 5.92 Å². The van der Waals surface area contributed by atoms with Gasteiger partial charge >= 0.3 is 0 Å². The number of likely N-dealkylation sites (tertiary alicyclic amines) is 1. The van der Waals surface area contributed by atoms with Crippen LogP contribution in [-0.4, -0.2) is 16.7 Å². The second-order valence-corrected chi connectivity index (χ2v) is 4.23. The summed E-state index contributed by atoms with van der Waals surface area (Å²) >= 11 is 0. The maximum Gasteiger partial charge on any atom is 0.232 e. The van der Waals surface area contributed by atoms with Gasteiger partial charge in [-0.1, -0.05) is 19.1 Å². The quantitative estimate of drug-likeness (QED) is 0.720. The van der Waals surface area contributed by atoms with Crippen LogP contribution in [0.1, 0.15) is 24.5 Å². The van der Waals surface area contributed by atoms with Crippen LogP contribution in [0.3, 0.4) is 0 Å². The molecule has 0 radical (unpaired) electrons. The van der Waals surface area contributed by atoms with Gasteiger partial charge in [0.15, 0.2) is 0 Å². The second-order valence-electron chi connectivity index (χ2n) is 4.23. The minimum Gasteiger partial charge on any atom is -0.278 e. The van der Waals surface area contributed by atoms with Crippen molar-refractivity contribution in [2.75, 3.05) is 0 Å². The van der Waals surface area contributed by atoms with Gasteiger partial charge in [0.25, 0.3) is 0 Å². The summed E-state index contributed by atoms with van der Waals surface area (Å²) < 4.78 is 0. The van der Waals surface area contributed by atoms with E-state index >= 15 is 0 Å². The molecular weight excluding hydrogens is 216 g/mol. The highest BCUT2D eigenvalue weighted by molar-refractivity contribution is 6.03. The molecule has 2 rings (SSSR count). The Morgan fingerprint density at radius 2 is 2.00 bits per heavy atom. The number of imide groups is 1. The third-order valence-corrected chi connectivity index (χ3v) is 2.89. The van der Waals surface area contributed by atoms with E-state index in [0.717, 1.165) is 5.56 Å². The molecule has 0 spiro atoms. The van der Waals surface area contributed by atoms with Crippen LogP contribution >= 0.6 is 0 Å². The first-order valence-corrected chi connectivity index (χ1v) is 5.45. The first-order chi connectivity index (χ1) is 8.11. The third-order valence-electron chi connectivity index (χ3n) is 2.89. The van der Waals surface area contributed by atoms with Crippen molar-refractivity contribution in [1.82, 2.24) is 4.90 Å². The molecule has 0 aromatic heterocycles. The maximum atomic E-state index is 11.7. The summed E-state index contributed by atoms with van der Waals surface area (Å²) in [4.78, 5) is 24.6. The predicted molar refractivity (Wildman–Crippen MR) is 60.5 cm³/mol. The van der Waals surface area contributed by atoms with Crippen LogP contribution in [-0.2, 0) is 16.1 Å². The van der Waals surface area contributed by atoms with Crippen molar-refractivity contribution < 1.29 is 9.59 Å². The van der Waals surface area contributed by atoms with Gasteiger partial charge in [0.1, 0.15) is 0 Å². The lowest BCUT2D eigenvalue weighted by Gasteiger charge is -2.14. The number of carbonyl (C=O) groups excluding carboxylic acids is 2. The Labute approximate surface area is 99.5 Å². The van der Waals surface area contributed by atoms with Gasteiger partial charge in [-0.2, -0.15) is 5.26 Å². The summed E-state index contributed by atoms with van der Waals surface area (Å²) in [5, 5.41) is 8.66. The highest BCUT2D eigenvalue weighted by Gasteiger charge is 2.35. The molecule has 0 aliphatic carbocycles. The molecule has 1 saturated heterocycles. The average Bonchev–Trinajstić information content (AvgIpc) is 2.57. The second kappa shape index (κ2) is 4.38. The number of nitriles is 1. The molecular formula is C13H12N2O2. The third kappa shape index (κ3) is 2.18. The molecule has 0 N–H and O–H groups in total. The smallest absolute Gasteiger partial charge is 0.232 e. The van der Waals surface area contributed by atoms with Crippen LogP contribution in [0.25, 0.3) is 0 Å².